The molecule has 1 aliphatic carbocycles. The van der Waals surface area contributed by atoms with Gasteiger partial charge in [-0.2, -0.15) is 0 Å². The molecule has 2 aliphatic heterocycles. The topological polar surface area (TPSA) is 79.0 Å². The van der Waals surface area contributed by atoms with Crippen LogP contribution >= 0.6 is 0 Å². The van der Waals surface area contributed by atoms with Crippen LogP contribution in [-0.2, 0) is 14.3 Å². The molecule has 3 aliphatic rings. The van der Waals surface area contributed by atoms with E-state index in [1.54, 1.807) is 4.90 Å². The summed E-state index contributed by atoms with van der Waals surface area (Å²) in [4.78, 5) is 40.2. The highest BCUT2D eigenvalue weighted by atomic mass is 16.5. The van der Waals surface area contributed by atoms with Crippen molar-refractivity contribution in [2.45, 2.75) is 45.7 Å². The number of esters is 1. The molecule has 24 heavy (non-hydrogen) atoms. The molecule has 7 nitrogen and oxygen atoms in total. The van der Waals surface area contributed by atoms with Crippen LogP contribution in [0.25, 0.3) is 0 Å². The highest BCUT2D eigenvalue weighted by Gasteiger charge is 2.49. The minimum atomic E-state index is -0.674. The number of urea groups is 1. The fourth-order valence-corrected chi connectivity index (χ4v) is 3.95. The van der Waals surface area contributed by atoms with Crippen molar-refractivity contribution in [3.63, 3.8) is 0 Å². The van der Waals surface area contributed by atoms with Crippen molar-refractivity contribution in [2.75, 3.05) is 26.7 Å². The molecule has 3 amide bonds. The summed E-state index contributed by atoms with van der Waals surface area (Å²) in [6.07, 6.45) is 1.43. The van der Waals surface area contributed by atoms with Gasteiger partial charge < -0.3 is 19.9 Å². The Labute approximate surface area is 142 Å². The lowest BCUT2D eigenvalue weighted by atomic mass is 9.81. The number of carbonyl (C=O) groups excluding carboxylic acids is 3. The Bertz CT molecular complexity index is 566. The maximum atomic E-state index is 12.5. The molecule has 0 aromatic heterocycles. The Morgan fingerprint density at radius 1 is 1.29 bits per heavy atom. The van der Waals surface area contributed by atoms with Gasteiger partial charge in [0.25, 0.3) is 0 Å². The van der Waals surface area contributed by atoms with Gasteiger partial charge in [-0.05, 0) is 25.2 Å². The van der Waals surface area contributed by atoms with Crippen LogP contribution in [0.15, 0.2) is 0 Å². The summed E-state index contributed by atoms with van der Waals surface area (Å²) in [5, 5.41) is 2.97. The van der Waals surface area contributed by atoms with Crippen molar-refractivity contribution < 1.29 is 19.1 Å². The molecule has 2 heterocycles. The maximum absolute atomic E-state index is 12.5. The van der Waals surface area contributed by atoms with E-state index in [1.165, 1.54) is 7.11 Å². The van der Waals surface area contributed by atoms with Crippen molar-refractivity contribution in [3.05, 3.63) is 0 Å². The number of rotatable bonds is 3. The molecule has 0 unspecified atom stereocenters. The van der Waals surface area contributed by atoms with E-state index in [4.69, 9.17) is 4.74 Å². The van der Waals surface area contributed by atoms with E-state index in [1.807, 2.05) is 18.7 Å². The van der Waals surface area contributed by atoms with E-state index < -0.39 is 5.41 Å². The summed E-state index contributed by atoms with van der Waals surface area (Å²) >= 11 is 0. The average Bonchev–Trinajstić information content (AvgIpc) is 3.01. The highest BCUT2D eigenvalue weighted by molar-refractivity contribution is 5.83. The molecule has 1 saturated carbocycles. The molecule has 0 aromatic rings. The van der Waals surface area contributed by atoms with Crippen LogP contribution in [0, 0.1) is 17.3 Å². The lowest BCUT2D eigenvalue weighted by Crippen LogP contribution is -2.46. The predicted molar refractivity (Wildman–Crippen MR) is 87.1 cm³/mol. The minimum Gasteiger partial charge on any atom is -0.469 e. The fourth-order valence-electron chi connectivity index (χ4n) is 3.95. The zero-order valence-corrected chi connectivity index (χ0v) is 14.9. The number of hydrogen-bond acceptors (Lipinski definition) is 4. The zero-order chi connectivity index (χ0) is 17.6. The molecular formula is C17H27N3O4. The third-order valence-corrected chi connectivity index (χ3v) is 5.99. The van der Waals surface area contributed by atoms with Crippen molar-refractivity contribution in [3.8, 4) is 0 Å². The van der Waals surface area contributed by atoms with Gasteiger partial charge in [-0.15, -0.1) is 0 Å². The van der Waals surface area contributed by atoms with Gasteiger partial charge in [-0.1, -0.05) is 13.8 Å². The van der Waals surface area contributed by atoms with Crippen molar-refractivity contribution in [1.82, 2.24) is 15.1 Å². The van der Waals surface area contributed by atoms with Crippen LogP contribution in [-0.4, -0.2) is 66.5 Å². The monoisotopic (exact) mass is 337 g/mol. The summed E-state index contributed by atoms with van der Waals surface area (Å²) < 4.78 is 4.89. The van der Waals surface area contributed by atoms with Gasteiger partial charge in [0.15, 0.2) is 0 Å². The number of likely N-dealkylation sites (tertiary alicyclic amines) is 2. The lowest BCUT2D eigenvalue weighted by Gasteiger charge is -2.25. The third-order valence-electron chi connectivity index (χ3n) is 5.99. The Balaban J connectivity index is 1.56. The first-order chi connectivity index (χ1) is 11.3. The number of nitrogens with zero attached hydrogens (tertiary/aromatic N) is 2. The molecule has 1 N–H and O–H groups in total. The lowest BCUT2D eigenvalue weighted by molar-refractivity contribution is -0.152. The molecule has 2 saturated heterocycles. The van der Waals surface area contributed by atoms with E-state index in [0.29, 0.717) is 38.0 Å². The molecular weight excluding hydrogens is 310 g/mol. The van der Waals surface area contributed by atoms with E-state index in [9.17, 15) is 14.4 Å². The Kier molecular flexibility index (Phi) is 4.21. The van der Waals surface area contributed by atoms with Gasteiger partial charge in [0.1, 0.15) is 0 Å². The van der Waals surface area contributed by atoms with Crippen LogP contribution < -0.4 is 5.32 Å². The Morgan fingerprint density at radius 3 is 2.54 bits per heavy atom. The SMILES string of the molecule is COC(=O)[C@]1(C)CN(C(=O)N[C@@H]2CC(=O)N([C@H]3C[C@@H]3C)C2)C[C@H]1C. The molecule has 0 bridgehead atoms. The maximum Gasteiger partial charge on any atom is 0.317 e. The largest absolute Gasteiger partial charge is 0.469 e. The number of ether oxygens (including phenoxy) is 1. The van der Waals surface area contributed by atoms with Gasteiger partial charge in [0.05, 0.1) is 18.6 Å². The van der Waals surface area contributed by atoms with Gasteiger partial charge in [0.2, 0.25) is 5.91 Å². The minimum absolute atomic E-state index is 0.0322. The molecule has 7 heteroatoms. The molecule has 3 fully saturated rings. The third kappa shape index (κ3) is 2.84. The summed E-state index contributed by atoms with van der Waals surface area (Å²) in [5.74, 6) is 0.451. The van der Waals surface area contributed by atoms with E-state index >= 15 is 0 Å². The second-order valence-electron chi connectivity index (χ2n) is 7.87. The number of carbonyl (C=O) groups is 3. The molecule has 3 rings (SSSR count). The smallest absolute Gasteiger partial charge is 0.317 e. The predicted octanol–water partition coefficient (Wildman–Crippen LogP) is 0.836. The number of hydrogen-bond donors (Lipinski definition) is 1. The summed E-state index contributed by atoms with van der Waals surface area (Å²) in [6, 6.07) is 0.0184. The van der Waals surface area contributed by atoms with E-state index in [2.05, 4.69) is 12.2 Å². The first-order valence-corrected chi connectivity index (χ1v) is 8.69. The van der Waals surface area contributed by atoms with Crippen LogP contribution in [0.4, 0.5) is 4.79 Å². The van der Waals surface area contributed by atoms with Gasteiger partial charge >= 0.3 is 12.0 Å². The first kappa shape index (κ1) is 17.0. The first-order valence-electron chi connectivity index (χ1n) is 8.69. The van der Waals surface area contributed by atoms with Gasteiger partial charge in [0, 0.05) is 32.1 Å². The van der Waals surface area contributed by atoms with Crippen LogP contribution in [0.2, 0.25) is 0 Å². The average molecular weight is 337 g/mol. The number of amides is 3. The second-order valence-corrected chi connectivity index (χ2v) is 7.87. The highest BCUT2D eigenvalue weighted by Crippen LogP contribution is 2.38. The fraction of sp³-hybridized carbons (Fsp3) is 0.824. The van der Waals surface area contributed by atoms with Crippen molar-refractivity contribution in [1.29, 1.82) is 0 Å². The van der Waals surface area contributed by atoms with E-state index in [-0.39, 0.29) is 29.9 Å². The van der Waals surface area contributed by atoms with E-state index in [0.717, 1.165) is 6.42 Å². The molecule has 134 valence electrons. The summed E-state index contributed by atoms with van der Waals surface area (Å²) in [5.41, 5.74) is -0.674. The zero-order valence-electron chi connectivity index (χ0n) is 14.9. The van der Waals surface area contributed by atoms with Crippen LogP contribution in [0.1, 0.15) is 33.6 Å². The molecule has 0 spiro atoms. The number of methoxy groups -OCH3 is 1. The van der Waals surface area contributed by atoms with Gasteiger partial charge in [-0.3, -0.25) is 9.59 Å². The quantitative estimate of drug-likeness (QED) is 0.774. The standard InChI is InChI=1S/C17H27N3O4/c1-10-5-13(10)20-8-12(6-14(20)21)18-16(23)19-7-11(2)17(3,9-19)15(22)24-4/h10-13H,5-9H2,1-4H3,(H,18,23)/t10-,11+,12+,13-,17+/m0/s1. The summed E-state index contributed by atoms with van der Waals surface area (Å²) in [6.45, 7) is 7.39. The second kappa shape index (κ2) is 5.93. The molecule has 0 radical (unpaired) electrons. The van der Waals surface area contributed by atoms with Gasteiger partial charge in [-0.25, -0.2) is 4.79 Å². The Hall–Kier alpha value is -1.79. The molecule has 0 aromatic carbocycles. The molecule has 5 atom stereocenters. The van der Waals surface area contributed by atoms with Crippen LogP contribution in [0.5, 0.6) is 0 Å². The van der Waals surface area contributed by atoms with Crippen molar-refractivity contribution in [2.24, 2.45) is 17.3 Å². The summed E-state index contributed by atoms with van der Waals surface area (Å²) in [7, 11) is 1.38. The van der Waals surface area contributed by atoms with Crippen LogP contribution in [0.3, 0.4) is 0 Å². The Morgan fingerprint density at radius 2 is 1.96 bits per heavy atom. The normalized spacial score (nSPS) is 38.4. The van der Waals surface area contributed by atoms with Crippen molar-refractivity contribution >= 4 is 17.9 Å². The number of nitrogens with one attached hydrogen (secondary N) is 1.